The van der Waals surface area contributed by atoms with Crippen LogP contribution in [0.2, 0.25) is 0 Å². The molecule has 1 aromatic rings. The highest BCUT2D eigenvalue weighted by molar-refractivity contribution is 7.88. The summed E-state index contributed by atoms with van der Waals surface area (Å²) in [7, 11) is -3.23. The SMILES string of the molecule is C[C@H]1CCCN(c2ccc(CNC(=O)[C@H]3CCCN(S(C)(=O)=O)C3)cc2)C1. The number of piperidine rings is 2. The van der Waals surface area contributed by atoms with Crippen LogP contribution in [-0.4, -0.2) is 51.1 Å². The van der Waals surface area contributed by atoms with Gasteiger partial charge in [0.05, 0.1) is 12.2 Å². The van der Waals surface area contributed by atoms with E-state index in [0.717, 1.165) is 37.4 Å². The zero-order chi connectivity index (χ0) is 19.4. The molecule has 0 radical (unpaired) electrons. The highest BCUT2D eigenvalue weighted by atomic mass is 32.2. The molecule has 2 aliphatic heterocycles. The molecule has 1 N–H and O–H groups in total. The number of sulfonamides is 1. The Balaban J connectivity index is 1.51. The topological polar surface area (TPSA) is 69.7 Å². The van der Waals surface area contributed by atoms with E-state index in [1.807, 2.05) is 0 Å². The minimum absolute atomic E-state index is 0.0581. The lowest BCUT2D eigenvalue weighted by molar-refractivity contribution is -0.126. The van der Waals surface area contributed by atoms with E-state index in [9.17, 15) is 13.2 Å². The van der Waals surface area contributed by atoms with Crippen molar-refractivity contribution in [3.05, 3.63) is 29.8 Å². The van der Waals surface area contributed by atoms with E-state index in [0.29, 0.717) is 13.1 Å². The maximum absolute atomic E-state index is 12.5. The normalized spacial score (nSPS) is 24.6. The van der Waals surface area contributed by atoms with Crippen LogP contribution >= 0.6 is 0 Å². The van der Waals surface area contributed by atoms with E-state index in [4.69, 9.17) is 0 Å². The van der Waals surface area contributed by atoms with E-state index < -0.39 is 10.0 Å². The lowest BCUT2D eigenvalue weighted by atomic mass is 9.98. The Labute approximate surface area is 163 Å². The van der Waals surface area contributed by atoms with Gasteiger partial charge >= 0.3 is 0 Å². The molecule has 6 nitrogen and oxygen atoms in total. The molecular weight excluding hydrogens is 362 g/mol. The molecule has 0 bridgehead atoms. The Morgan fingerprint density at radius 2 is 1.81 bits per heavy atom. The van der Waals surface area contributed by atoms with Crippen molar-refractivity contribution >= 4 is 21.6 Å². The first kappa shape index (κ1) is 20.1. The summed E-state index contributed by atoms with van der Waals surface area (Å²) < 4.78 is 24.8. The third kappa shape index (κ3) is 5.45. The molecular formula is C20H31N3O3S. The molecule has 150 valence electrons. The van der Waals surface area contributed by atoms with Crippen molar-refractivity contribution < 1.29 is 13.2 Å². The third-order valence-corrected chi connectivity index (χ3v) is 6.92. The van der Waals surface area contributed by atoms with Crippen LogP contribution in [0, 0.1) is 11.8 Å². The average molecular weight is 394 g/mol. The fourth-order valence-corrected chi connectivity index (χ4v) is 4.95. The molecule has 0 unspecified atom stereocenters. The Hall–Kier alpha value is -1.60. The zero-order valence-corrected chi connectivity index (χ0v) is 17.2. The van der Waals surface area contributed by atoms with Gasteiger partial charge < -0.3 is 10.2 Å². The number of rotatable bonds is 5. The molecule has 1 amide bonds. The monoisotopic (exact) mass is 393 g/mol. The van der Waals surface area contributed by atoms with Gasteiger partial charge in [-0.25, -0.2) is 12.7 Å². The molecule has 7 heteroatoms. The van der Waals surface area contributed by atoms with Gasteiger partial charge in [0.15, 0.2) is 0 Å². The fourth-order valence-electron chi connectivity index (χ4n) is 4.04. The molecule has 2 heterocycles. The largest absolute Gasteiger partial charge is 0.371 e. The number of nitrogens with one attached hydrogen (secondary N) is 1. The number of carbonyl (C=O) groups is 1. The zero-order valence-electron chi connectivity index (χ0n) is 16.4. The molecule has 27 heavy (non-hydrogen) atoms. The second-order valence-electron chi connectivity index (χ2n) is 8.04. The minimum atomic E-state index is -3.23. The maximum Gasteiger partial charge on any atom is 0.224 e. The molecule has 0 aromatic heterocycles. The van der Waals surface area contributed by atoms with Crippen LogP contribution in [0.4, 0.5) is 5.69 Å². The van der Waals surface area contributed by atoms with Crippen molar-refractivity contribution in [2.75, 3.05) is 37.3 Å². The Morgan fingerprint density at radius 1 is 1.11 bits per heavy atom. The summed E-state index contributed by atoms with van der Waals surface area (Å²) in [5.74, 6) is 0.416. The predicted octanol–water partition coefficient (Wildman–Crippen LogP) is 2.21. The molecule has 0 aliphatic carbocycles. The van der Waals surface area contributed by atoms with Crippen LogP contribution in [0.15, 0.2) is 24.3 Å². The first-order valence-corrected chi connectivity index (χ1v) is 11.7. The van der Waals surface area contributed by atoms with Gasteiger partial charge in [0.25, 0.3) is 0 Å². The van der Waals surface area contributed by atoms with E-state index in [-0.39, 0.29) is 18.4 Å². The summed E-state index contributed by atoms with van der Waals surface area (Å²) in [4.78, 5) is 14.9. The van der Waals surface area contributed by atoms with E-state index in [1.54, 1.807) is 0 Å². The van der Waals surface area contributed by atoms with Gasteiger partial charge in [-0.05, 0) is 49.3 Å². The van der Waals surface area contributed by atoms with Gasteiger partial charge in [-0.2, -0.15) is 0 Å². The van der Waals surface area contributed by atoms with Crippen LogP contribution in [0.5, 0.6) is 0 Å². The standard InChI is InChI=1S/C20H31N3O3S/c1-16-5-3-11-22(14-16)19-9-7-17(8-10-19)13-21-20(24)18-6-4-12-23(15-18)27(2,25)26/h7-10,16,18H,3-6,11-15H2,1-2H3,(H,21,24)/t16-,18-/m0/s1. The van der Waals surface area contributed by atoms with Gasteiger partial charge in [-0.15, -0.1) is 0 Å². The van der Waals surface area contributed by atoms with Crippen molar-refractivity contribution in [3.8, 4) is 0 Å². The van der Waals surface area contributed by atoms with Crippen molar-refractivity contribution in [1.82, 2.24) is 9.62 Å². The quantitative estimate of drug-likeness (QED) is 0.833. The van der Waals surface area contributed by atoms with Crippen molar-refractivity contribution in [2.45, 2.75) is 39.2 Å². The summed E-state index contributed by atoms with van der Waals surface area (Å²) in [5, 5.41) is 2.97. The van der Waals surface area contributed by atoms with Crippen LogP contribution in [-0.2, 0) is 21.4 Å². The van der Waals surface area contributed by atoms with Crippen molar-refractivity contribution in [1.29, 1.82) is 0 Å². The number of anilines is 1. The highest BCUT2D eigenvalue weighted by Gasteiger charge is 2.29. The predicted molar refractivity (Wildman–Crippen MR) is 108 cm³/mol. The summed E-state index contributed by atoms with van der Waals surface area (Å²) in [6, 6.07) is 8.40. The van der Waals surface area contributed by atoms with E-state index in [2.05, 4.69) is 41.4 Å². The molecule has 1 aromatic carbocycles. The van der Waals surface area contributed by atoms with Crippen LogP contribution in [0.1, 0.15) is 38.2 Å². The van der Waals surface area contributed by atoms with Crippen LogP contribution in [0.3, 0.4) is 0 Å². The fraction of sp³-hybridized carbons (Fsp3) is 0.650. The Morgan fingerprint density at radius 3 is 2.48 bits per heavy atom. The number of hydrogen-bond acceptors (Lipinski definition) is 4. The molecule has 3 rings (SSSR count). The molecule has 2 fully saturated rings. The van der Waals surface area contributed by atoms with Gasteiger partial charge in [0.2, 0.25) is 15.9 Å². The molecule has 2 saturated heterocycles. The summed E-state index contributed by atoms with van der Waals surface area (Å²) in [6.07, 6.45) is 5.22. The van der Waals surface area contributed by atoms with Crippen LogP contribution in [0.25, 0.3) is 0 Å². The summed E-state index contributed by atoms with van der Waals surface area (Å²) >= 11 is 0. The summed E-state index contributed by atoms with van der Waals surface area (Å²) in [5.41, 5.74) is 2.31. The average Bonchev–Trinajstić information content (AvgIpc) is 2.66. The smallest absolute Gasteiger partial charge is 0.224 e. The lowest BCUT2D eigenvalue weighted by Crippen LogP contribution is -2.44. The van der Waals surface area contributed by atoms with Crippen molar-refractivity contribution in [3.63, 3.8) is 0 Å². The number of hydrogen-bond donors (Lipinski definition) is 1. The van der Waals surface area contributed by atoms with Gasteiger partial charge in [-0.3, -0.25) is 4.79 Å². The minimum Gasteiger partial charge on any atom is -0.371 e. The van der Waals surface area contributed by atoms with E-state index in [1.165, 1.54) is 29.1 Å². The second-order valence-corrected chi connectivity index (χ2v) is 10.0. The number of benzene rings is 1. The highest BCUT2D eigenvalue weighted by Crippen LogP contribution is 2.23. The molecule has 0 saturated carbocycles. The van der Waals surface area contributed by atoms with Gasteiger partial charge in [0.1, 0.15) is 0 Å². The Bertz CT molecular complexity index is 748. The first-order chi connectivity index (χ1) is 12.8. The number of nitrogens with zero attached hydrogens (tertiary/aromatic N) is 2. The number of carbonyl (C=O) groups excluding carboxylic acids is 1. The van der Waals surface area contributed by atoms with Gasteiger partial charge in [0, 0.05) is 38.4 Å². The van der Waals surface area contributed by atoms with Gasteiger partial charge in [-0.1, -0.05) is 19.1 Å². The van der Waals surface area contributed by atoms with E-state index >= 15 is 0 Å². The third-order valence-electron chi connectivity index (χ3n) is 5.65. The van der Waals surface area contributed by atoms with Crippen LogP contribution < -0.4 is 10.2 Å². The molecule has 2 atom stereocenters. The molecule has 0 spiro atoms. The maximum atomic E-state index is 12.5. The second kappa shape index (κ2) is 8.61. The van der Waals surface area contributed by atoms with Crippen molar-refractivity contribution in [2.24, 2.45) is 11.8 Å². The lowest BCUT2D eigenvalue weighted by Gasteiger charge is -2.33. The molecule has 2 aliphatic rings. The number of amides is 1. The summed E-state index contributed by atoms with van der Waals surface area (Å²) in [6.45, 7) is 5.79. The Kier molecular flexibility index (Phi) is 6.42. The first-order valence-electron chi connectivity index (χ1n) is 9.89.